The second-order valence-corrected chi connectivity index (χ2v) is 13.2. The maximum Gasteiger partial charge on any atom is 0.269 e. The van der Waals surface area contributed by atoms with Crippen molar-refractivity contribution in [1.82, 2.24) is 15.6 Å². The first-order valence-electron chi connectivity index (χ1n) is 13.3. The van der Waals surface area contributed by atoms with Crippen molar-refractivity contribution in [2.24, 2.45) is 10.3 Å². The van der Waals surface area contributed by atoms with E-state index in [0.717, 1.165) is 5.69 Å². The Kier molecular flexibility index (Phi) is 12.0. The Labute approximate surface area is 286 Å². The molecule has 1 aliphatic heterocycles. The average Bonchev–Trinajstić information content (AvgIpc) is 3.67. The van der Waals surface area contributed by atoms with Crippen molar-refractivity contribution in [2.75, 3.05) is 26.8 Å². The topological polar surface area (TPSA) is 181 Å². The molecule has 1 spiro atoms. The van der Waals surface area contributed by atoms with Crippen LogP contribution in [-0.4, -0.2) is 77.0 Å². The summed E-state index contributed by atoms with van der Waals surface area (Å²) >= 11 is 13.7. The zero-order valence-corrected chi connectivity index (χ0v) is 29.6. The van der Waals surface area contributed by atoms with E-state index in [9.17, 15) is 19.9 Å². The molecular formula is C27H29Br4N6O7+. The fourth-order valence-corrected chi connectivity index (χ4v) is 7.75. The number of halogens is 4. The molecule has 17 heteroatoms. The number of rotatable bonds is 13. The van der Waals surface area contributed by atoms with Crippen LogP contribution in [0.15, 0.2) is 64.7 Å². The molecule has 6 N–H and O–H groups in total. The Morgan fingerprint density at radius 3 is 2.64 bits per heavy atom. The molecule has 13 nitrogen and oxygen atoms in total. The molecule has 0 unspecified atom stereocenters. The lowest BCUT2D eigenvalue weighted by atomic mass is 9.87. The predicted octanol–water partition coefficient (Wildman–Crippen LogP) is 3.39. The molecule has 2 heterocycles. The number of nitrogens with zero attached hydrogens (tertiary/aromatic N) is 2. The number of ether oxygens (including phenoxy) is 2. The largest absolute Gasteiger partial charge is 0.495 e. The number of aliphatic hydroxyl groups is 1. The lowest BCUT2D eigenvalue weighted by molar-refractivity contribution is -0.376. The summed E-state index contributed by atoms with van der Waals surface area (Å²) in [6, 6.07) is 3.55. The lowest BCUT2D eigenvalue weighted by Crippen LogP contribution is -2.45. The molecule has 236 valence electrons. The second-order valence-electron chi connectivity index (χ2n) is 9.74. The fraction of sp³-hybridized carbons (Fsp3) is 0.370. The highest BCUT2D eigenvalue weighted by molar-refractivity contribution is 9.12. The number of carbonyl (C=O) groups excluding carboxylic acids is 2. The van der Waals surface area contributed by atoms with Crippen LogP contribution in [0.4, 0.5) is 0 Å². The van der Waals surface area contributed by atoms with Crippen molar-refractivity contribution in [3.8, 4) is 5.75 Å². The summed E-state index contributed by atoms with van der Waals surface area (Å²) in [6.07, 6.45) is 5.27. The van der Waals surface area contributed by atoms with E-state index in [1.807, 2.05) is 0 Å². The number of nitrogens with one attached hydrogen (secondary N) is 4. The first-order valence-corrected chi connectivity index (χ1v) is 16.4. The Balaban J connectivity index is 1.21. The number of amides is 2. The first kappa shape index (κ1) is 34.1. The standard InChI is InChI=1S/C27H28Br4N6O7/c1-42-23-18(30)10-27(24(38)21(23)31)11-20(37-44-27)26(40)33-4-2-6-43-22-16(28)7-14(8-17(22)29)9-19(36-41)25(39)34-5-3-15-12-32-13-35-15/h7-8,10,12-13,24,38,41H,2-6,9,11H2,1H3,(H,32,35)(H,33,40)(H,34,39)/p+1/b36-19+/t24-,27+/m1/s1. The molecule has 0 radical (unpaired) electrons. The summed E-state index contributed by atoms with van der Waals surface area (Å²) in [6.45, 7) is 0.977. The van der Waals surface area contributed by atoms with Gasteiger partial charge in [0.1, 0.15) is 40.9 Å². The molecule has 2 amide bonds. The minimum Gasteiger partial charge on any atom is -0.495 e. The number of oxime groups is 2. The maximum atomic E-state index is 12.7. The quantitative estimate of drug-likeness (QED) is 0.0886. The van der Waals surface area contributed by atoms with Crippen LogP contribution in [-0.2, 0) is 32.0 Å². The van der Waals surface area contributed by atoms with Gasteiger partial charge < -0.3 is 35.3 Å². The summed E-state index contributed by atoms with van der Waals surface area (Å²) < 4.78 is 13.4. The van der Waals surface area contributed by atoms with Gasteiger partial charge in [-0.1, -0.05) is 10.3 Å². The Morgan fingerprint density at radius 1 is 1.23 bits per heavy atom. The van der Waals surface area contributed by atoms with E-state index in [4.69, 9.17) is 14.3 Å². The van der Waals surface area contributed by atoms with Gasteiger partial charge >= 0.3 is 0 Å². The summed E-state index contributed by atoms with van der Waals surface area (Å²) in [5.74, 6) is 0.105. The van der Waals surface area contributed by atoms with Gasteiger partial charge in [0.25, 0.3) is 11.8 Å². The van der Waals surface area contributed by atoms with E-state index >= 15 is 0 Å². The second kappa shape index (κ2) is 15.5. The number of methoxy groups -OCH3 is 1. The summed E-state index contributed by atoms with van der Waals surface area (Å²) in [4.78, 5) is 36.6. The Bertz CT molecular complexity index is 1490. The third-order valence-corrected chi connectivity index (χ3v) is 9.25. The maximum absolute atomic E-state index is 12.7. The lowest BCUT2D eigenvalue weighted by Gasteiger charge is -2.33. The number of benzene rings is 1. The van der Waals surface area contributed by atoms with Crippen LogP contribution in [0.2, 0.25) is 0 Å². The van der Waals surface area contributed by atoms with E-state index < -0.39 is 23.5 Å². The molecule has 1 aromatic carbocycles. The van der Waals surface area contributed by atoms with Gasteiger partial charge in [-0.25, -0.2) is 4.98 Å². The van der Waals surface area contributed by atoms with Crippen molar-refractivity contribution in [1.29, 1.82) is 0 Å². The number of H-pyrrole nitrogens is 2. The van der Waals surface area contributed by atoms with Gasteiger partial charge in [-0.15, -0.1) is 0 Å². The van der Waals surface area contributed by atoms with Gasteiger partial charge in [0.15, 0.2) is 5.60 Å². The van der Waals surface area contributed by atoms with Gasteiger partial charge in [-0.3, -0.25) is 14.6 Å². The van der Waals surface area contributed by atoms with Gasteiger partial charge in [-0.05, 0) is 93.9 Å². The first-order chi connectivity index (χ1) is 21.1. The van der Waals surface area contributed by atoms with Gasteiger partial charge in [-0.2, -0.15) is 0 Å². The van der Waals surface area contributed by atoms with Crippen LogP contribution in [0.1, 0.15) is 24.1 Å². The molecule has 2 atom stereocenters. The number of hydrogen-bond acceptors (Lipinski definition) is 9. The van der Waals surface area contributed by atoms with E-state index in [-0.39, 0.29) is 24.3 Å². The molecule has 0 saturated heterocycles. The number of imidazole rings is 1. The molecule has 44 heavy (non-hydrogen) atoms. The zero-order chi connectivity index (χ0) is 31.9. The molecule has 0 saturated carbocycles. The van der Waals surface area contributed by atoms with Crippen LogP contribution < -0.4 is 20.4 Å². The van der Waals surface area contributed by atoms with Crippen molar-refractivity contribution >= 4 is 87.0 Å². The molecule has 1 aromatic heterocycles. The number of aromatic nitrogens is 2. The SMILES string of the molecule is COC1=C(Br)[C@@H](O)[C@]2(C=C1Br)CC(C(=O)NCCCOc1c(Br)cc(C/C(=N\O)C(=O)NCCc3c[nH+]c[nH]3)cc1Br)=NO2. The molecule has 2 aromatic rings. The molecule has 0 bridgehead atoms. The highest BCUT2D eigenvalue weighted by atomic mass is 79.9. The highest BCUT2D eigenvalue weighted by Crippen LogP contribution is 2.44. The van der Waals surface area contributed by atoms with Crippen molar-refractivity contribution < 1.29 is 39.2 Å². The fourth-order valence-electron chi connectivity index (χ4n) is 4.45. The van der Waals surface area contributed by atoms with Crippen molar-refractivity contribution in [3.05, 3.63) is 65.7 Å². The van der Waals surface area contributed by atoms with Crippen LogP contribution >= 0.6 is 63.7 Å². The average molecular weight is 869 g/mol. The minimum absolute atomic E-state index is 0.0278. The van der Waals surface area contributed by atoms with Crippen LogP contribution in [0.3, 0.4) is 0 Å². The van der Waals surface area contributed by atoms with E-state index in [2.05, 4.69) is 94.6 Å². The third-order valence-electron chi connectivity index (χ3n) is 6.69. The smallest absolute Gasteiger partial charge is 0.269 e. The molecule has 1 aliphatic carbocycles. The van der Waals surface area contributed by atoms with Gasteiger partial charge in [0.05, 0.1) is 31.6 Å². The summed E-state index contributed by atoms with van der Waals surface area (Å²) in [5, 5.41) is 32.8. The van der Waals surface area contributed by atoms with Crippen molar-refractivity contribution in [3.63, 3.8) is 0 Å². The van der Waals surface area contributed by atoms with E-state index in [0.29, 0.717) is 67.5 Å². The van der Waals surface area contributed by atoms with Crippen LogP contribution in [0.5, 0.6) is 5.75 Å². The van der Waals surface area contributed by atoms with Crippen molar-refractivity contribution in [2.45, 2.75) is 37.4 Å². The van der Waals surface area contributed by atoms with Gasteiger partial charge in [0.2, 0.25) is 6.33 Å². The summed E-state index contributed by atoms with van der Waals surface area (Å²) in [5.41, 5.74) is 0.551. The number of allylic oxidation sites excluding steroid dienone is 1. The normalized spacial score (nSPS) is 19.8. The zero-order valence-electron chi connectivity index (χ0n) is 23.3. The number of hydrogen-bond donors (Lipinski definition) is 5. The number of aromatic amines is 2. The summed E-state index contributed by atoms with van der Waals surface area (Å²) in [7, 11) is 1.48. The number of carbonyl (C=O) groups is 2. The Morgan fingerprint density at radius 2 is 1.98 bits per heavy atom. The number of aliphatic hydroxyl groups excluding tert-OH is 1. The van der Waals surface area contributed by atoms with Crippen LogP contribution in [0.25, 0.3) is 0 Å². The van der Waals surface area contributed by atoms with Gasteiger partial charge in [0, 0.05) is 32.4 Å². The molecular weight excluding hydrogens is 840 g/mol. The third kappa shape index (κ3) is 8.10. The van der Waals surface area contributed by atoms with E-state index in [1.165, 1.54) is 7.11 Å². The molecule has 2 aliphatic rings. The highest BCUT2D eigenvalue weighted by Gasteiger charge is 2.50. The van der Waals surface area contributed by atoms with E-state index in [1.54, 1.807) is 30.7 Å². The Hall–Kier alpha value is -2.73. The molecule has 0 fully saturated rings. The monoisotopic (exact) mass is 865 g/mol. The molecule has 4 rings (SSSR count). The minimum atomic E-state index is -1.23. The van der Waals surface area contributed by atoms with Crippen LogP contribution in [0, 0.1) is 0 Å². The predicted molar refractivity (Wildman–Crippen MR) is 174 cm³/mol.